The minimum absolute atomic E-state index is 0.00335. The van der Waals surface area contributed by atoms with Crippen LogP contribution >= 0.6 is 27.3 Å². The molecule has 0 unspecified atom stereocenters. The lowest BCUT2D eigenvalue weighted by molar-refractivity contribution is -0.107. The van der Waals surface area contributed by atoms with E-state index in [4.69, 9.17) is 9.66 Å². The third-order valence-corrected chi connectivity index (χ3v) is 6.39. The van der Waals surface area contributed by atoms with Gasteiger partial charge in [0.1, 0.15) is 9.37 Å². The van der Waals surface area contributed by atoms with Gasteiger partial charge in [-0.05, 0) is 40.4 Å². The SMILES string of the molecule is Cc1noc(N(C=O)c2ccccc2-c2sccc2S(N)(=O)=O)c1Br. The number of aromatic nitrogens is 1. The quantitative estimate of drug-likeness (QED) is 0.610. The molecule has 7 nitrogen and oxygen atoms in total. The third-order valence-electron chi connectivity index (χ3n) is 3.44. The number of rotatable bonds is 5. The number of carbonyl (C=O) groups excluding carboxylic acids is 1. The summed E-state index contributed by atoms with van der Waals surface area (Å²) in [5.74, 6) is 0.202. The zero-order chi connectivity index (χ0) is 18.2. The number of nitrogens with two attached hydrogens (primary N) is 1. The summed E-state index contributed by atoms with van der Waals surface area (Å²) in [6.45, 7) is 1.73. The van der Waals surface area contributed by atoms with Gasteiger partial charge in [0.25, 0.3) is 5.88 Å². The fraction of sp³-hybridized carbons (Fsp3) is 0.0667. The van der Waals surface area contributed by atoms with Crippen LogP contribution in [-0.4, -0.2) is 20.0 Å². The average Bonchev–Trinajstić information content (AvgIpc) is 3.18. The number of sulfonamides is 1. The van der Waals surface area contributed by atoms with Gasteiger partial charge in [-0.2, -0.15) is 0 Å². The van der Waals surface area contributed by atoms with E-state index in [0.717, 1.165) is 0 Å². The smallest absolute Gasteiger partial charge is 0.252 e. The molecule has 1 aromatic carbocycles. The second-order valence-electron chi connectivity index (χ2n) is 5.04. The lowest BCUT2D eigenvalue weighted by atomic mass is 10.1. The highest BCUT2D eigenvalue weighted by Gasteiger charge is 2.25. The minimum atomic E-state index is -3.90. The molecule has 0 saturated carbocycles. The molecule has 2 aromatic heterocycles. The van der Waals surface area contributed by atoms with Crippen molar-refractivity contribution in [2.45, 2.75) is 11.8 Å². The Hall–Kier alpha value is -2.01. The molecule has 0 aliphatic heterocycles. The Bertz CT molecular complexity index is 1040. The van der Waals surface area contributed by atoms with E-state index in [9.17, 15) is 13.2 Å². The van der Waals surface area contributed by atoms with Crippen LogP contribution in [0.3, 0.4) is 0 Å². The maximum Gasteiger partial charge on any atom is 0.252 e. The van der Waals surface area contributed by atoms with Crippen LogP contribution in [0.2, 0.25) is 0 Å². The van der Waals surface area contributed by atoms with Gasteiger partial charge >= 0.3 is 0 Å². The first kappa shape index (κ1) is 17.8. The van der Waals surface area contributed by atoms with Gasteiger partial charge in [-0.15, -0.1) is 11.3 Å². The molecule has 2 N–H and O–H groups in total. The summed E-state index contributed by atoms with van der Waals surface area (Å²) >= 11 is 4.55. The molecule has 1 amide bonds. The zero-order valence-corrected chi connectivity index (χ0v) is 16.1. The summed E-state index contributed by atoms with van der Waals surface area (Å²) < 4.78 is 29.4. The molecule has 0 fully saturated rings. The molecule has 0 atom stereocenters. The minimum Gasteiger partial charge on any atom is -0.336 e. The van der Waals surface area contributed by atoms with Crippen molar-refractivity contribution in [1.29, 1.82) is 0 Å². The fourth-order valence-corrected chi connectivity index (χ4v) is 4.67. The predicted octanol–water partition coefficient (Wildman–Crippen LogP) is 3.42. The van der Waals surface area contributed by atoms with Gasteiger partial charge < -0.3 is 4.52 Å². The average molecular weight is 442 g/mol. The molecule has 0 aliphatic rings. The Morgan fingerprint density at radius 1 is 1.32 bits per heavy atom. The summed E-state index contributed by atoms with van der Waals surface area (Å²) in [5, 5.41) is 10.8. The molecule has 3 aromatic rings. The van der Waals surface area contributed by atoms with Gasteiger partial charge in [0, 0.05) is 5.56 Å². The number of thiophene rings is 1. The van der Waals surface area contributed by atoms with Crippen LogP contribution in [-0.2, 0) is 14.8 Å². The Morgan fingerprint density at radius 2 is 2.04 bits per heavy atom. The predicted molar refractivity (Wildman–Crippen MR) is 98.3 cm³/mol. The number of para-hydroxylation sites is 1. The van der Waals surface area contributed by atoms with E-state index in [-0.39, 0.29) is 10.8 Å². The van der Waals surface area contributed by atoms with E-state index >= 15 is 0 Å². The molecule has 25 heavy (non-hydrogen) atoms. The Labute approximate surface area is 156 Å². The number of halogens is 1. The third kappa shape index (κ3) is 3.25. The lowest BCUT2D eigenvalue weighted by Crippen LogP contribution is -2.16. The Kier molecular flexibility index (Phi) is 4.78. The summed E-state index contributed by atoms with van der Waals surface area (Å²) in [7, 11) is -3.90. The number of primary sulfonamides is 1. The van der Waals surface area contributed by atoms with E-state index < -0.39 is 10.0 Å². The molecule has 0 spiro atoms. The standard InChI is InChI=1S/C15H12BrN3O4S2/c1-9-13(16)15(23-18-9)19(8-20)11-5-3-2-4-10(11)14-12(6-7-24-14)25(17,21)22/h2-8H,1H3,(H2,17,21,22). The van der Waals surface area contributed by atoms with Crippen LogP contribution in [0.4, 0.5) is 11.6 Å². The van der Waals surface area contributed by atoms with Gasteiger partial charge in [-0.25, -0.2) is 18.5 Å². The number of benzene rings is 1. The largest absolute Gasteiger partial charge is 0.336 e. The van der Waals surface area contributed by atoms with Crippen molar-refractivity contribution >= 4 is 55.3 Å². The van der Waals surface area contributed by atoms with Crippen LogP contribution in [0, 0.1) is 6.92 Å². The molecule has 0 saturated heterocycles. The lowest BCUT2D eigenvalue weighted by Gasteiger charge is -2.18. The molecule has 10 heteroatoms. The number of hydrogen-bond donors (Lipinski definition) is 1. The molecule has 0 aliphatic carbocycles. The van der Waals surface area contributed by atoms with Crippen molar-refractivity contribution in [2.75, 3.05) is 4.90 Å². The highest BCUT2D eigenvalue weighted by molar-refractivity contribution is 9.10. The first-order valence-corrected chi connectivity index (χ1v) is 10.1. The Balaban J connectivity index is 2.22. The topological polar surface area (TPSA) is 106 Å². The van der Waals surface area contributed by atoms with E-state index in [1.807, 2.05) is 0 Å². The first-order valence-electron chi connectivity index (χ1n) is 6.90. The van der Waals surface area contributed by atoms with Crippen LogP contribution in [0.1, 0.15) is 5.69 Å². The van der Waals surface area contributed by atoms with Crippen LogP contribution in [0.15, 0.2) is 49.6 Å². The molecular formula is C15H12BrN3O4S2. The van der Waals surface area contributed by atoms with E-state index in [2.05, 4.69) is 21.1 Å². The number of amides is 1. The molecule has 3 rings (SSSR count). The van der Waals surface area contributed by atoms with Crippen molar-refractivity contribution in [3.05, 3.63) is 45.9 Å². The van der Waals surface area contributed by atoms with Crippen molar-refractivity contribution in [3.8, 4) is 10.4 Å². The highest BCUT2D eigenvalue weighted by Crippen LogP contribution is 2.41. The first-order chi connectivity index (χ1) is 11.8. The summed E-state index contributed by atoms with van der Waals surface area (Å²) in [5.41, 5.74) is 1.57. The molecule has 0 bridgehead atoms. The fourth-order valence-electron chi connectivity index (χ4n) is 2.30. The van der Waals surface area contributed by atoms with Crippen LogP contribution in [0.5, 0.6) is 0 Å². The maximum atomic E-state index is 11.8. The second-order valence-corrected chi connectivity index (χ2v) is 8.28. The van der Waals surface area contributed by atoms with E-state index in [1.165, 1.54) is 22.3 Å². The number of nitrogens with zero attached hydrogens (tertiary/aromatic N) is 2. The van der Waals surface area contributed by atoms with Crippen LogP contribution in [0.25, 0.3) is 10.4 Å². The van der Waals surface area contributed by atoms with Crippen molar-refractivity contribution in [1.82, 2.24) is 5.16 Å². The van der Waals surface area contributed by atoms with Crippen molar-refractivity contribution < 1.29 is 17.7 Å². The van der Waals surface area contributed by atoms with Crippen molar-refractivity contribution in [3.63, 3.8) is 0 Å². The molecular weight excluding hydrogens is 430 g/mol. The van der Waals surface area contributed by atoms with Gasteiger partial charge in [0.15, 0.2) is 0 Å². The van der Waals surface area contributed by atoms with Gasteiger partial charge in [-0.1, -0.05) is 23.4 Å². The van der Waals surface area contributed by atoms with E-state index in [0.29, 0.717) is 32.7 Å². The number of aryl methyl sites for hydroxylation is 1. The monoisotopic (exact) mass is 441 g/mol. The van der Waals surface area contributed by atoms with Crippen molar-refractivity contribution in [2.24, 2.45) is 5.14 Å². The summed E-state index contributed by atoms with van der Waals surface area (Å²) in [6.07, 6.45) is 0.577. The summed E-state index contributed by atoms with van der Waals surface area (Å²) in [6, 6.07) is 8.31. The van der Waals surface area contributed by atoms with E-state index in [1.54, 1.807) is 36.6 Å². The van der Waals surface area contributed by atoms with Crippen LogP contribution < -0.4 is 10.0 Å². The number of carbonyl (C=O) groups is 1. The maximum absolute atomic E-state index is 11.8. The van der Waals surface area contributed by atoms with Gasteiger partial charge in [0.2, 0.25) is 16.4 Å². The Morgan fingerprint density at radius 3 is 2.64 bits per heavy atom. The molecule has 2 heterocycles. The summed E-state index contributed by atoms with van der Waals surface area (Å²) in [4.78, 5) is 13.5. The second kappa shape index (κ2) is 6.71. The highest BCUT2D eigenvalue weighted by atomic mass is 79.9. The zero-order valence-electron chi connectivity index (χ0n) is 12.8. The number of hydrogen-bond acceptors (Lipinski definition) is 6. The number of anilines is 2. The molecule has 130 valence electrons. The van der Waals surface area contributed by atoms with Gasteiger partial charge in [0.05, 0.1) is 16.3 Å². The van der Waals surface area contributed by atoms with Gasteiger partial charge in [-0.3, -0.25) is 4.79 Å². The molecule has 0 radical (unpaired) electrons. The normalized spacial score (nSPS) is 11.5.